The summed E-state index contributed by atoms with van der Waals surface area (Å²) in [5.74, 6) is 1.08. The van der Waals surface area contributed by atoms with Crippen molar-refractivity contribution in [3.8, 4) is 0 Å². The molecule has 0 unspecified atom stereocenters. The molecule has 0 saturated carbocycles. The van der Waals surface area contributed by atoms with E-state index in [4.69, 9.17) is 5.73 Å². The number of hydrogen-bond donors (Lipinski definition) is 1. The molecule has 3 nitrogen and oxygen atoms in total. The molecular formula is C11H14BrN3. The highest BCUT2D eigenvalue weighted by Gasteiger charge is 2.09. The van der Waals surface area contributed by atoms with E-state index in [1.807, 2.05) is 6.07 Å². The highest BCUT2D eigenvalue weighted by atomic mass is 79.9. The molecule has 0 aromatic carbocycles. The Kier molecular flexibility index (Phi) is 3.07. The third-order valence-corrected chi connectivity index (χ3v) is 3.07. The maximum Gasteiger partial charge on any atom is 0.132 e. The second kappa shape index (κ2) is 4.33. The normalized spacial score (nSPS) is 11.1. The third kappa shape index (κ3) is 1.92. The lowest BCUT2D eigenvalue weighted by atomic mass is 10.3. The molecule has 0 amide bonds. The molecule has 2 aromatic heterocycles. The van der Waals surface area contributed by atoms with Gasteiger partial charge in [0.2, 0.25) is 0 Å². The fourth-order valence-corrected chi connectivity index (χ4v) is 2.28. The molecular weight excluding hydrogens is 254 g/mol. The van der Waals surface area contributed by atoms with Crippen LogP contribution >= 0.6 is 15.9 Å². The molecule has 2 heterocycles. The predicted molar refractivity (Wildman–Crippen MR) is 65.0 cm³/mol. The Balaban J connectivity index is 2.54. The van der Waals surface area contributed by atoms with E-state index >= 15 is 0 Å². The second-order valence-electron chi connectivity index (χ2n) is 3.60. The van der Waals surface area contributed by atoms with Gasteiger partial charge in [-0.3, -0.25) is 4.40 Å². The second-order valence-corrected chi connectivity index (χ2v) is 4.35. The number of aromatic nitrogens is 2. The van der Waals surface area contributed by atoms with Gasteiger partial charge in [0.25, 0.3) is 0 Å². The van der Waals surface area contributed by atoms with Crippen molar-refractivity contribution in [3.63, 3.8) is 0 Å². The highest BCUT2D eigenvalue weighted by Crippen LogP contribution is 2.21. The molecule has 0 aliphatic heterocycles. The smallest absolute Gasteiger partial charge is 0.132 e. The van der Waals surface area contributed by atoms with Crippen LogP contribution in [0.2, 0.25) is 0 Å². The molecule has 0 saturated heterocycles. The molecule has 0 fully saturated rings. The summed E-state index contributed by atoms with van der Waals surface area (Å²) >= 11 is 3.48. The fourth-order valence-electron chi connectivity index (χ4n) is 1.77. The number of hydrogen-bond acceptors (Lipinski definition) is 2. The van der Waals surface area contributed by atoms with E-state index in [9.17, 15) is 0 Å². The van der Waals surface area contributed by atoms with Crippen molar-refractivity contribution in [2.45, 2.75) is 19.8 Å². The van der Waals surface area contributed by atoms with Gasteiger partial charge in [0, 0.05) is 12.1 Å². The van der Waals surface area contributed by atoms with Gasteiger partial charge in [0.15, 0.2) is 0 Å². The molecule has 15 heavy (non-hydrogen) atoms. The lowest BCUT2D eigenvalue weighted by molar-refractivity contribution is 0.771. The van der Waals surface area contributed by atoms with Gasteiger partial charge in [0.1, 0.15) is 10.4 Å². The van der Waals surface area contributed by atoms with Gasteiger partial charge >= 0.3 is 0 Å². The minimum atomic E-state index is 0.707. The monoisotopic (exact) mass is 267 g/mol. The van der Waals surface area contributed by atoms with Crippen LogP contribution in [0.5, 0.6) is 0 Å². The number of nitrogens with two attached hydrogens (primary N) is 1. The Morgan fingerprint density at radius 1 is 1.47 bits per heavy atom. The largest absolute Gasteiger partial charge is 0.330 e. The number of fused-ring (bicyclic) bond motifs is 1. The van der Waals surface area contributed by atoms with E-state index < -0.39 is 0 Å². The van der Waals surface area contributed by atoms with Crippen molar-refractivity contribution >= 4 is 21.4 Å². The highest BCUT2D eigenvalue weighted by molar-refractivity contribution is 9.10. The van der Waals surface area contributed by atoms with E-state index in [0.717, 1.165) is 28.8 Å². The predicted octanol–water partition coefficient (Wildman–Crippen LogP) is 2.30. The number of pyridine rings is 1. The maximum absolute atomic E-state index is 5.52. The zero-order valence-electron chi connectivity index (χ0n) is 8.70. The number of nitrogens with zero attached hydrogens (tertiary/aromatic N) is 2. The Hall–Kier alpha value is -0.870. The minimum Gasteiger partial charge on any atom is -0.330 e. The summed E-state index contributed by atoms with van der Waals surface area (Å²) in [6.45, 7) is 2.80. The van der Waals surface area contributed by atoms with Gasteiger partial charge in [-0.25, -0.2) is 4.98 Å². The molecule has 4 heteroatoms. The van der Waals surface area contributed by atoms with Crippen LogP contribution in [-0.2, 0) is 6.42 Å². The molecule has 0 aliphatic carbocycles. The molecule has 0 aliphatic rings. The Labute approximate surface area is 97.4 Å². The standard InChI is InChI=1S/C11H14BrN3/c1-8-4-2-5-9-11(12)14-10(15(8)9)6-3-7-13/h2,4-5H,3,6-7,13H2,1H3. The first-order chi connectivity index (χ1) is 7.24. The summed E-state index contributed by atoms with van der Waals surface area (Å²) in [7, 11) is 0. The Morgan fingerprint density at radius 2 is 2.27 bits per heavy atom. The number of imidazole rings is 1. The topological polar surface area (TPSA) is 43.3 Å². The van der Waals surface area contributed by atoms with Crippen molar-refractivity contribution in [2.75, 3.05) is 6.54 Å². The maximum atomic E-state index is 5.52. The fraction of sp³-hybridized carbons (Fsp3) is 0.364. The molecule has 2 rings (SSSR count). The molecule has 0 bridgehead atoms. The van der Waals surface area contributed by atoms with Gasteiger partial charge in [0.05, 0.1) is 5.52 Å². The van der Waals surface area contributed by atoms with Crippen LogP contribution in [0.4, 0.5) is 0 Å². The zero-order chi connectivity index (χ0) is 10.8. The summed E-state index contributed by atoms with van der Waals surface area (Å²) in [6, 6.07) is 6.20. The van der Waals surface area contributed by atoms with E-state index in [1.165, 1.54) is 5.69 Å². The van der Waals surface area contributed by atoms with Crippen LogP contribution in [0.15, 0.2) is 22.8 Å². The molecule has 2 aromatic rings. The average molecular weight is 268 g/mol. The lowest BCUT2D eigenvalue weighted by Crippen LogP contribution is -2.04. The molecule has 2 N–H and O–H groups in total. The van der Waals surface area contributed by atoms with E-state index in [2.05, 4.69) is 44.4 Å². The SMILES string of the molecule is Cc1cccc2c(Br)nc(CCCN)n12. The van der Waals surface area contributed by atoms with Crippen LogP contribution in [0.3, 0.4) is 0 Å². The van der Waals surface area contributed by atoms with Crippen LogP contribution in [0.25, 0.3) is 5.52 Å². The number of rotatable bonds is 3. The summed E-state index contributed by atoms with van der Waals surface area (Å²) in [5, 5.41) is 0. The first-order valence-corrected chi connectivity index (χ1v) is 5.86. The summed E-state index contributed by atoms with van der Waals surface area (Å²) in [4.78, 5) is 4.51. The van der Waals surface area contributed by atoms with E-state index in [1.54, 1.807) is 0 Å². The summed E-state index contributed by atoms with van der Waals surface area (Å²) < 4.78 is 3.10. The van der Waals surface area contributed by atoms with Crippen LogP contribution in [-0.4, -0.2) is 15.9 Å². The zero-order valence-corrected chi connectivity index (χ0v) is 10.3. The molecule has 0 spiro atoms. The van der Waals surface area contributed by atoms with Gasteiger partial charge in [-0.1, -0.05) is 6.07 Å². The molecule has 80 valence electrons. The summed E-state index contributed by atoms with van der Waals surface area (Å²) in [6.07, 6.45) is 1.90. The van der Waals surface area contributed by atoms with Crippen molar-refractivity contribution in [3.05, 3.63) is 34.3 Å². The van der Waals surface area contributed by atoms with Crippen LogP contribution in [0.1, 0.15) is 17.9 Å². The number of aryl methyl sites for hydroxylation is 2. The Bertz CT molecular complexity index is 476. The van der Waals surface area contributed by atoms with Gasteiger partial charge < -0.3 is 5.73 Å². The van der Waals surface area contributed by atoms with Crippen LogP contribution in [0, 0.1) is 6.92 Å². The summed E-state index contributed by atoms with van der Waals surface area (Å²) in [5.41, 5.74) is 7.85. The first-order valence-electron chi connectivity index (χ1n) is 5.06. The van der Waals surface area contributed by atoms with Crippen molar-refractivity contribution < 1.29 is 0 Å². The van der Waals surface area contributed by atoms with Crippen molar-refractivity contribution in [1.29, 1.82) is 0 Å². The third-order valence-electron chi connectivity index (χ3n) is 2.49. The Morgan fingerprint density at radius 3 is 3.00 bits per heavy atom. The van der Waals surface area contributed by atoms with Gasteiger partial charge in [-0.15, -0.1) is 0 Å². The van der Waals surface area contributed by atoms with E-state index in [0.29, 0.717) is 6.54 Å². The van der Waals surface area contributed by atoms with Crippen molar-refractivity contribution in [2.24, 2.45) is 5.73 Å². The van der Waals surface area contributed by atoms with Gasteiger partial charge in [-0.2, -0.15) is 0 Å². The minimum absolute atomic E-state index is 0.707. The van der Waals surface area contributed by atoms with E-state index in [-0.39, 0.29) is 0 Å². The van der Waals surface area contributed by atoms with Crippen molar-refractivity contribution in [1.82, 2.24) is 9.38 Å². The molecule has 0 radical (unpaired) electrons. The lowest BCUT2D eigenvalue weighted by Gasteiger charge is -2.03. The average Bonchev–Trinajstić information content (AvgIpc) is 2.55. The quantitative estimate of drug-likeness (QED) is 0.928. The first kappa shape index (κ1) is 10.6. The van der Waals surface area contributed by atoms with Gasteiger partial charge in [-0.05, 0) is 48.0 Å². The molecule has 0 atom stereocenters. The van der Waals surface area contributed by atoms with Crippen LogP contribution < -0.4 is 5.73 Å². The number of halogens is 1.